The third-order valence-electron chi connectivity index (χ3n) is 4.79. The van der Waals surface area contributed by atoms with E-state index in [1.165, 1.54) is 0 Å². The van der Waals surface area contributed by atoms with Gasteiger partial charge in [0, 0.05) is 5.92 Å². The van der Waals surface area contributed by atoms with Gasteiger partial charge in [-0.25, -0.2) is 0 Å². The minimum Gasteiger partial charge on any atom is -0.508 e. The van der Waals surface area contributed by atoms with Crippen LogP contribution in [0.15, 0.2) is 36.4 Å². The molecule has 3 atom stereocenters. The Kier molecular flexibility index (Phi) is 3.28. The van der Waals surface area contributed by atoms with Crippen LogP contribution >= 0.6 is 0 Å². The number of rotatable bonds is 1. The highest BCUT2D eigenvalue weighted by atomic mass is 16.3. The summed E-state index contributed by atoms with van der Waals surface area (Å²) in [6.07, 6.45) is 0.902. The zero-order valence-electron chi connectivity index (χ0n) is 12.2. The number of phenolic OH excluding ortho intramolecular Hbond substituents is 3. The molecular formula is C18H20O3. The van der Waals surface area contributed by atoms with E-state index in [-0.39, 0.29) is 23.2 Å². The normalized spacial score (nSPS) is 24.6. The molecule has 0 unspecified atom stereocenters. The summed E-state index contributed by atoms with van der Waals surface area (Å²) in [7, 11) is 0. The lowest BCUT2D eigenvalue weighted by atomic mass is 9.68. The lowest BCUT2D eigenvalue weighted by molar-refractivity contribution is 0.322. The van der Waals surface area contributed by atoms with Crippen LogP contribution in [0.1, 0.15) is 36.5 Å². The number of benzene rings is 2. The second-order valence-corrected chi connectivity index (χ2v) is 6.15. The van der Waals surface area contributed by atoms with Crippen molar-refractivity contribution < 1.29 is 15.3 Å². The molecule has 21 heavy (non-hydrogen) atoms. The summed E-state index contributed by atoms with van der Waals surface area (Å²) in [5.41, 5.74) is 3.29. The average molecular weight is 284 g/mol. The highest BCUT2D eigenvalue weighted by Gasteiger charge is 2.33. The number of fused-ring (bicyclic) bond motifs is 1. The van der Waals surface area contributed by atoms with Crippen molar-refractivity contribution in [2.24, 2.45) is 11.8 Å². The predicted octanol–water partition coefficient (Wildman–Crippen LogP) is 3.76. The minimum atomic E-state index is -0.0701. The summed E-state index contributed by atoms with van der Waals surface area (Å²) >= 11 is 0. The van der Waals surface area contributed by atoms with Gasteiger partial charge in [-0.1, -0.05) is 26.0 Å². The first kappa shape index (κ1) is 13.8. The van der Waals surface area contributed by atoms with Crippen LogP contribution in [-0.4, -0.2) is 15.3 Å². The molecule has 1 aliphatic rings. The highest BCUT2D eigenvalue weighted by molar-refractivity contribution is 5.51. The summed E-state index contributed by atoms with van der Waals surface area (Å²) < 4.78 is 0. The molecule has 0 heterocycles. The van der Waals surface area contributed by atoms with Gasteiger partial charge in [-0.15, -0.1) is 0 Å². The van der Waals surface area contributed by atoms with Crippen LogP contribution in [0.3, 0.4) is 0 Å². The van der Waals surface area contributed by atoms with Crippen molar-refractivity contribution in [3.63, 3.8) is 0 Å². The van der Waals surface area contributed by atoms with Gasteiger partial charge < -0.3 is 15.3 Å². The van der Waals surface area contributed by atoms with Crippen LogP contribution in [0, 0.1) is 11.8 Å². The Morgan fingerprint density at radius 3 is 2.19 bits per heavy atom. The Morgan fingerprint density at radius 2 is 1.52 bits per heavy atom. The van der Waals surface area contributed by atoms with Gasteiger partial charge in [0.25, 0.3) is 0 Å². The van der Waals surface area contributed by atoms with Crippen LogP contribution in [0.2, 0.25) is 0 Å². The summed E-state index contributed by atoms with van der Waals surface area (Å²) in [5.74, 6) is 1.20. The van der Waals surface area contributed by atoms with Crippen molar-refractivity contribution in [2.75, 3.05) is 0 Å². The largest absolute Gasteiger partial charge is 0.508 e. The molecule has 0 radical (unpaired) electrons. The Labute approximate surface area is 124 Å². The fourth-order valence-corrected chi connectivity index (χ4v) is 3.41. The number of hydrogen-bond donors (Lipinski definition) is 3. The molecule has 2 aromatic carbocycles. The molecule has 3 heteroatoms. The van der Waals surface area contributed by atoms with Gasteiger partial charge >= 0.3 is 0 Å². The van der Waals surface area contributed by atoms with Gasteiger partial charge in [0.05, 0.1) is 0 Å². The molecule has 110 valence electrons. The SMILES string of the molecule is C[C@@H]1[C@@H](c2ccc(O)cc2)c2cc(O)c(O)cc2C[C@H]1C. The highest BCUT2D eigenvalue weighted by Crippen LogP contribution is 2.46. The summed E-state index contributed by atoms with van der Waals surface area (Å²) in [4.78, 5) is 0. The first-order valence-corrected chi connectivity index (χ1v) is 7.31. The van der Waals surface area contributed by atoms with Crippen molar-refractivity contribution in [3.05, 3.63) is 53.1 Å². The van der Waals surface area contributed by atoms with E-state index in [4.69, 9.17) is 0 Å². The summed E-state index contributed by atoms with van der Waals surface area (Å²) in [6, 6.07) is 10.6. The molecule has 3 N–H and O–H groups in total. The van der Waals surface area contributed by atoms with Crippen LogP contribution in [-0.2, 0) is 6.42 Å². The number of hydrogen-bond acceptors (Lipinski definition) is 3. The van der Waals surface area contributed by atoms with Gasteiger partial charge in [0.2, 0.25) is 0 Å². The van der Waals surface area contributed by atoms with E-state index in [9.17, 15) is 15.3 Å². The van der Waals surface area contributed by atoms with E-state index in [0.717, 1.165) is 23.1 Å². The Morgan fingerprint density at radius 1 is 0.905 bits per heavy atom. The molecule has 2 aromatic rings. The molecule has 0 spiro atoms. The third-order valence-corrected chi connectivity index (χ3v) is 4.79. The lowest BCUT2D eigenvalue weighted by Gasteiger charge is -2.36. The zero-order chi connectivity index (χ0) is 15.1. The predicted molar refractivity (Wildman–Crippen MR) is 81.8 cm³/mol. The van der Waals surface area contributed by atoms with Gasteiger partial charge in [-0.2, -0.15) is 0 Å². The van der Waals surface area contributed by atoms with Crippen molar-refractivity contribution in [3.8, 4) is 17.2 Å². The third kappa shape index (κ3) is 2.33. The van der Waals surface area contributed by atoms with Crippen molar-refractivity contribution in [1.29, 1.82) is 0 Å². The van der Waals surface area contributed by atoms with Gasteiger partial charge in [0.1, 0.15) is 5.75 Å². The maximum Gasteiger partial charge on any atom is 0.157 e. The van der Waals surface area contributed by atoms with E-state index in [0.29, 0.717) is 11.8 Å². The number of phenols is 3. The molecule has 3 rings (SSSR count). The standard InChI is InChI=1S/C18H20O3/c1-10-7-13-8-16(20)17(21)9-15(13)18(11(10)2)12-3-5-14(19)6-4-12/h3-6,8-11,18-21H,7H2,1-2H3/t10-,11+,18+/m1/s1. The first-order chi connectivity index (χ1) is 9.97. The van der Waals surface area contributed by atoms with Gasteiger partial charge in [0.15, 0.2) is 11.5 Å². The second-order valence-electron chi connectivity index (χ2n) is 6.15. The quantitative estimate of drug-likeness (QED) is 0.699. The molecule has 0 saturated heterocycles. The van der Waals surface area contributed by atoms with Crippen molar-refractivity contribution in [2.45, 2.75) is 26.2 Å². The monoisotopic (exact) mass is 284 g/mol. The van der Waals surface area contributed by atoms with E-state index in [2.05, 4.69) is 13.8 Å². The van der Waals surface area contributed by atoms with Crippen molar-refractivity contribution >= 4 is 0 Å². The lowest BCUT2D eigenvalue weighted by Crippen LogP contribution is -2.26. The zero-order valence-corrected chi connectivity index (χ0v) is 12.2. The Bertz CT molecular complexity index is 661. The van der Waals surface area contributed by atoms with E-state index < -0.39 is 0 Å². The van der Waals surface area contributed by atoms with Gasteiger partial charge in [-0.05, 0) is 59.2 Å². The summed E-state index contributed by atoms with van der Waals surface area (Å²) in [5, 5.41) is 29.1. The smallest absolute Gasteiger partial charge is 0.157 e. The van der Waals surface area contributed by atoms with E-state index in [1.807, 2.05) is 12.1 Å². The van der Waals surface area contributed by atoms with Crippen molar-refractivity contribution in [1.82, 2.24) is 0 Å². The Balaban J connectivity index is 2.15. The van der Waals surface area contributed by atoms with Crippen LogP contribution in [0.5, 0.6) is 17.2 Å². The topological polar surface area (TPSA) is 60.7 Å². The van der Waals surface area contributed by atoms with E-state index in [1.54, 1.807) is 24.3 Å². The fourth-order valence-electron chi connectivity index (χ4n) is 3.41. The molecule has 0 bridgehead atoms. The van der Waals surface area contributed by atoms with E-state index >= 15 is 0 Å². The fraction of sp³-hybridized carbons (Fsp3) is 0.333. The maximum atomic E-state index is 9.85. The molecule has 0 amide bonds. The van der Waals surface area contributed by atoms with Crippen LogP contribution < -0.4 is 0 Å². The minimum absolute atomic E-state index is 0.0556. The molecule has 0 fully saturated rings. The van der Waals surface area contributed by atoms with Gasteiger partial charge in [-0.3, -0.25) is 0 Å². The number of aromatic hydroxyl groups is 3. The maximum absolute atomic E-state index is 9.85. The van der Waals surface area contributed by atoms with Crippen LogP contribution in [0.25, 0.3) is 0 Å². The molecule has 0 aliphatic heterocycles. The molecule has 0 saturated carbocycles. The Hall–Kier alpha value is -2.16. The second kappa shape index (κ2) is 4.99. The first-order valence-electron chi connectivity index (χ1n) is 7.31. The molecule has 1 aliphatic carbocycles. The molecule has 3 nitrogen and oxygen atoms in total. The average Bonchev–Trinajstić information content (AvgIpc) is 2.44. The molecular weight excluding hydrogens is 264 g/mol. The summed E-state index contributed by atoms with van der Waals surface area (Å²) in [6.45, 7) is 4.43. The van der Waals surface area contributed by atoms with Crippen LogP contribution in [0.4, 0.5) is 0 Å². The molecule has 0 aromatic heterocycles.